The Balaban J connectivity index is 1.77. The second kappa shape index (κ2) is 9.05. The Hall–Kier alpha value is -1.48. The molecule has 0 aliphatic heterocycles. The van der Waals surface area contributed by atoms with E-state index in [1.54, 1.807) is 13.0 Å². The molecule has 172 valence electrons. The molecular formula is C21H17BrCl3F3N2O2. The summed E-state index contributed by atoms with van der Waals surface area (Å²) in [6, 6.07) is 7.17. The van der Waals surface area contributed by atoms with Crippen LogP contribution < -0.4 is 10.6 Å². The number of rotatable bonds is 6. The van der Waals surface area contributed by atoms with Crippen LogP contribution in [0.25, 0.3) is 0 Å². The Kier molecular flexibility index (Phi) is 7.11. The van der Waals surface area contributed by atoms with Gasteiger partial charge in [-0.05, 0) is 58.2 Å². The summed E-state index contributed by atoms with van der Waals surface area (Å²) in [5, 5.41) is 4.73. The van der Waals surface area contributed by atoms with Crippen LogP contribution in [0.2, 0.25) is 5.02 Å². The Labute approximate surface area is 205 Å². The molecule has 3 rings (SSSR count). The maximum absolute atomic E-state index is 13.9. The van der Waals surface area contributed by atoms with Crippen molar-refractivity contribution in [3.05, 3.63) is 62.3 Å². The van der Waals surface area contributed by atoms with Crippen LogP contribution >= 0.6 is 50.7 Å². The van der Waals surface area contributed by atoms with Crippen molar-refractivity contribution in [2.45, 2.75) is 30.0 Å². The predicted molar refractivity (Wildman–Crippen MR) is 123 cm³/mol. The highest BCUT2D eigenvalue weighted by atomic mass is 79.9. The Bertz CT molecular complexity index is 1070. The molecule has 0 bridgehead atoms. The molecule has 11 heteroatoms. The smallest absolute Gasteiger partial charge is 0.262 e. The van der Waals surface area contributed by atoms with Crippen molar-refractivity contribution in [3.8, 4) is 0 Å². The van der Waals surface area contributed by atoms with Gasteiger partial charge in [-0.2, -0.15) is 0 Å². The van der Waals surface area contributed by atoms with Crippen molar-refractivity contribution in [1.82, 2.24) is 5.32 Å². The van der Waals surface area contributed by atoms with Gasteiger partial charge in [0.15, 0.2) is 0 Å². The van der Waals surface area contributed by atoms with E-state index in [1.165, 1.54) is 24.3 Å². The number of carbonyl (C=O) groups is 2. The summed E-state index contributed by atoms with van der Waals surface area (Å²) < 4.78 is 38.8. The van der Waals surface area contributed by atoms with Gasteiger partial charge in [0.05, 0.1) is 27.5 Å². The number of anilines is 1. The van der Waals surface area contributed by atoms with E-state index in [0.717, 1.165) is 0 Å². The van der Waals surface area contributed by atoms with Crippen molar-refractivity contribution < 1.29 is 22.8 Å². The molecule has 2 aromatic carbocycles. The first-order valence-corrected chi connectivity index (χ1v) is 11.2. The van der Waals surface area contributed by atoms with E-state index in [-0.39, 0.29) is 20.7 Å². The van der Waals surface area contributed by atoms with Crippen molar-refractivity contribution in [3.63, 3.8) is 0 Å². The molecule has 1 aliphatic carbocycles. The first-order chi connectivity index (χ1) is 14.7. The number of carbonyl (C=O) groups excluding carboxylic acids is 2. The quantitative estimate of drug-likeness (QED) is 0.391. The fourth-order valence-electron chi connectivity index (χ4n) is 3.33. The second-order valence-electron chi connectivity index (χ2n) is 7.70. The molecule has 2 N–H and O–H groups in total. The van der Waals surface area contributed by atoms with E-state index in [9.17, 15) is 22.8 Å². The monoisotopic (exact) mass is 570 g/mol. The summed E-state index contributed by atoms with van der Waals surface area (Å²) >= 11 is 21.8. The van der Waals surface area contributed by atoms with Crippen molar-refractivity contribution in [2.24, 2.45) is 5.92 Å². The van der Waals surface area contributed by atoms with Crippen molar-refractivity contribution in [1.29, 1.82) is 0 Å². The highest BCUT2D eigenvalue weighted by Gasteiger charge is 2.67. The van der Waals surface area contributed by atoms with Crippen LogP contribution in [0.4, 0.5) is 18.9 Å². The maximum atomic E-state index is 13.9. The molecule has 1 fully saturated rings. The SMILES string of the molecule is Cc1cc(C2C(C(=O)Nc3ccc(Cl)c(C(=O)NCC(C)(F)F)c3)C2(Cl)Cl)cc(Br)c1F. The minimum Gasteiger partial charge on any atom is -0.346 e. The third kappa shape index (κ3) is 5.35. The lowest BCUT2D eigenvalue weighted by atomic mass is 10.1. The van der Waals surface area contributed by atoms with E-state index in [2.05, 4.69) is 26.6 Å². The molecule has 1 aliphatic rings. The summed E-state index contributed by atoms with van der Waals surface area (Å²) in [5.74, 6) is -6.26. The first-order valence-electron chi connectivity index (χ1n) is 9.32. The van der Waals surface area contributed by atoms with Crippen LogP contribution in [0.1, 0.15) is 34.3 Å². The molecule has 2 amide bonds. The van der Waals surface area contributed by atoms with Gasteiger partial charge in [0.1, 0.15) is 10.2 Å². The van der Waals surface area contributed by atoms with Gasteiger partial charge in [0.2, 0.25) is 5.91 Å². The number of benzene rings is 2. The molecule has 0 aromatic heterocycles. The first kappa shape index (κ1) is 25.1. The summed E-state index contributed by atoms with van der Waals surface area (Å²) in [4.78, 5) is 25.0. The van der Waals surface area contributed by atoms with Crippen LogP contribution in [0.15, 0.2) is 34.8 Å². The number of amides is 2. The van der Waals surface area contributed by atoms with Crippen LogP contribution in [0.5, 0.6) is 0 Å². The molecule has 0 heterocycles. The van der Waals surface area contributed by atoms with Crippen LogP contribution in [-0.4, -0.2) is 28.6 Å². The minimum atomic E-state index is -3.09. The van der Waals surface area contributed by atoms with Gasteiger partial charge in [-0.15, -0.1) is 23.2 Å². The number of aryl methyl sites for hydroxylation is 1. The fraction of sp³-hybridized carbons (Fsp3) is 0.333. The predicted octanol–water partition coefficient (Wildman–Crippen LogP) is 6.46. The zero-order valence-electron chi connectivity index (χ0n) is 16.7. The highest BCUT2D eigenvalue weighted by Crippen LogP contribution is 2.65. The largest absolute Gasteiger partial charge is 0.346 e. The molecular weight excluding hydrogens is 556 g/mol. The zero-order valence-corrected chi connectivity index (χ0v) is 20.6. The van der Waals surface area contributed by atoms with Gasteiger partial charge in [-0.1, -0.05) is 17.7 Å². The van der Waals surface area contributed by atoms with Gasteiger partial charge < -0.3 is 10.6 Å². The van der Waals surface area contributed by atoms with Gasteiger partial charge in [-0.3, -0.25) is 9.59 Å². The third-order valence-corrected chi connectivity index (χ3v) is 6.81. The van der Waals surface area contributed by atoms with Gasteiger partial charge in [0.25, 0.3) is 11.8 Å². The van der Waals surface area contributed by atoms with Crippen LogP contribution in [0, 0.1) is 18.7 Å². The van der Waals surface area contributed by atoms with Crippen molar-refractivity contribution >= 4 is 68.2 Å². The van der Waals surface area contributed by atoms with Gasteiger partial charge in [0, 0.05) is 18.5 Å². The normalized spacial score (nSPS) is 19.4. The Morgan fingerprint density at radius 2 is 1.88 bits per heavy atom. The highest BCUT2D eigenvalue weighted by molar-refractivity contribution is 9.10. The molecule has 2 unspecified atom stereocenters. The summed E-state index contributed by atoms with van der Waals surface area (Å²) in [6.45, 7) is 1.39. The number of nitrogens with one attached hydrogen (secondary N) is 2. The zero-order chi connectivity index (χ0) is 24.0. The molecule has 2 atom stereocenters. The van der Waals surface area contributed by atoms with Crippen LogP contribution in [-0.2, 0) is 4.79 Å². The molecule has 32 heavy (non-hydrogen) atoms. The topological polar surface area (TPSA) is 58.2 Å². The molecule has 0 spiro atoms. The molecule has 1 saturated carbocycles. The average Bonchev–Trinajstić information content (AvgIpc) is 3.27. The number of alkyl halides is 4. The maximum Gasteiger partial charge on any atom is 0.262 e. The molecule has 4 nitrogen and oxygen atoms in total. The Morgan fingerprint density at radius 1 is 1.22 bits per heavy atom. The average molecular weight is 573 g/mol. The number of hydrogen-bond acceptors (Lipinski definition) is 2. The minimum absolute atomic E-state index is 0.0277. The molecule has 0 radical (unpaired) electrons. The number of hydrogen-bond donors (Lipinski definition) is 2. The van der Waals surface area contributed by atoms with E-state index >= 15 is 0 Å². The lowest BCUT2D eigenvalue weighted by Crippen LogP contribution is -2.34. The molecule has 0 saturated heterocycles. The van der Waals surface area contributed by atoms with Crippen LogP contribution in [0.3, 0.4) is 0 Å². The summed E-state index contributed by atoms with van der Waals surface area (Å²) in [6.07, 6.45) is 0. The lowest BCUT2D eigenvalue weighted by molar-refractivity contribution is -0.117. The van der Waals surface area contributed by atoms with E-state index in [0.29, 0.717) is 18.1 Å². The Morgan fingerprint density at radius 3 is 2.47 bits per heavy atom. The van der Waals surface area contributed by atoms with Gasteiger partial charge >= 0.3 is 0 Å². The standard InChI is InChI=1S/C21H17BrCl3F3N2O2/c1-9-5-10(6-13(22)17(9)26)15-16(21(15,24)25)19(32)30-11-3-4-14(23)12(7-11)18(31)29-8-20(2,27)28/h3-7,15-16H,8H2,1-2H3,(H,29,31)(H,30,32). The lowest BCUT2D eigenvalue weighted by Gasteiger charge is -2.13. The second-order valence-corrected chi connectivity index (χ2v) is 10.4. The van der Waals surface area contributed by atoms with E-state index in [1.807, 2.05) is 0 Å². The van der Waals surface area contributed by atoms with Crippen molar-refractivity contribution in [2.75, 3.05) is 11.9 Å². The third-order valence-electron chi connectivity index (χ3n) is 4.97. The fourth-order valence-corrected chi connectivity index (χ4v) is 4.94. The van der Waals surface area contributed by atoms with E-state index < -0.39 is 46.3 Å². The van der Waals surface area contributed by atoms with E-state index in [4.69, 9.17) is 34.8 Å². The number of halogens is 7. The van der Waals surface area contributed by atoms with Gasteiger partial charge in [-0.25, -0.2) is 13.2 Å². The summed E-state index contributed by atoms with van der Waals surface area (Å²) in [5.41, 5.74) is 1.09. The summed E-state index contributed by atoms with van der Waals surface area (Å²) in [7, 11) is 0. The molecule has 2 aromatic rings.